The summed E-state index contributed by atoms with van der Waals surface area (Å²) in [4.78, 5) is 14.1. The summed E-state index contributed by atoms with van der Waals surface area (Å²) in [5.74, 6) is 0.919. The van der Waals surface area contributed by atoms with Crippen LogP contribution in [0.15, 0.2) is 0 Å². The van der Waals surface area contributed by atoms with Crippen molar-refractivity contribution >= 4 is 5.91 Å². The van der Waals surface area contributed by atoms with Gasteiger partial charge in [-0.3, -0.25) is 4.79 Å². The van der Waals surface area contributed by atoms with Crippen LogP contribution in [0.3, 0.4) is 0 Å². The largest absolute Gasteiger partial charge is 0.356 e. The van der Waals surface area contributed by atoms with Crippen molar-refractivity contribution < 1.29 is 4.79 Å². The van der Waals surface area contributed by atoms with E-state index < -0.39 is 0 Å². The van der Waals surface area contributed by atoms with Crippen LogP contribution < -0.4 is 11.1 Å². The Morgan fingerprint density at radius 2 is 2.00 bits per heavy atom. The smallest absolute Gasteiger partial charge is 0.220 e. The third-order valence-corrected chi connectivity index (χ3v) is 3.90. The van der Waals surface area contributed by atoms with Gasteiger partial charge in [-0.05, 0) is 57.3 Å². The standard InChI is InChI=1S/C14H29N3O/c1-14(2,11-15)10-13(18)16-7-4-12-5-8-17(3)9-6-12/h12H,4-11,15H2,1-3H3,(H,16,18). The summed E-state index contributed by atoms with van der Waals surface area (Å²) in [6.45, 7) is 7.81. The number of hydrogen-bond donors (Lipinski definition) is 2. The maximum absolute atomic E-state index is 11.7. The fourth-order valence-corrected chi connectivity index (χ4v) is 2.34. The number of rotatable bonds is 6. The summed E-state index contributed by atoms with van der Waals surface area (Å²) in [5.41, 5.74) is 5.54. The first-order valence-corrected chi connectivity index (χ1v) is 7.08. The highest BCUT2D eigenvalue weighted by molar-refractivity contribution is 5.76. The first kappa shape index (κ1) is 15.4. The molecule has 0 aromatic heterocycles. The lowest BCUT2D eigenvalue weighted by Crippen LogP contribution is -2.35. The maximum Gasteiger partial charge on any atom is 0.220 e. The van der Waals surface area contributed by atoms with Crippen molar-refractivity contribution in [1.29, 1.82) is 0 Å². The molecule has 1 rings (SSSR count). The van der Waals surface area contributed by atoms with Crippen LogP contribution in [0.5, 0.6) is 0 Å². The molecule has 1 fully saturated rings. The molecule has 0 aromatic rings. The van der Waals surface area contributed by atoms with Gasteiger partial charge < -0.3 is 16.0 Å². The van der Waals surface area contributed by atoms with Gasteiger partial charge in [0.15, 0.2) is 0 Å². The van der Waals surface area contributed by atoms with Gasteiger partial charge in [0.25, 0.3) is 0 Å². The minimum Gasteiger partial charge on any atom is -0.356 e. The van der Waals surface area contributed by atoms with E-state index in [9.17, 15) is 4.79 Å². The lowest BCUT2D eigenvalue weighted by atomic mass is 9.89. The average molecular weight is 255 g/mol. The summed E-state index contributed by atoms with van der Waals surface area (Å²) in [6, 6.07) is 0. The molecule has 106 valence electrons. The number of piperidine rings is 1. The zero-order valence-electron chi connectivity index (χ0n) is 12.2. The van der Waals surface area contributed by atoms with Crippen molar-refractivity contribution in [1.82, 2.24) is 10.2 Å². The lowest BCUT2D eigenvalue weighted by molar-refractivity contribution is -0.122. The molecular weight excluding hydrogens is 226 g/mol. The van der Waals surface area contributed by atoms with E-state index in [1.54, 1.807) is 0 Å². The molecule has 0 atom stereocenters. The molecule has 1 aliphatic heterocycles. The van der Waals surface area contributed by atoms with E-state index in [-0.39, 0.29) is 11.3 Å². The second-order valence-electron chi connectivity index (χ2n) is 6.43. The molecule has 0 spiro atoms. The number of likely N-dealkylation sites (tertiary alicyclic amines) is 1. The molecule has 1 saturated heterocycles. The quantitative estimate of drug-likeness (QED) is 0.750. The van der Waals surface area contributed by atoms with E-state index >= 15 is 0 Å². The third-order valence-electron chi connectivity index (χ3n) is 3.90. The Morgan fingerprint density at radius 3 is 2.56 bits per heavy atom. The van der Waals surface area contributed by atoms with Crippen LogP contribution in [0.2, 0.25) is 0 Å². The molecule has 4 heteroatoms. The first-order valence-electron chi connectivity index (χ1n) is 7.08. The topological polar surface area (TPSA) is 58.4 Å². The summed E-state index contributed by atoms with van der Waals surface area (Å²) in [5, 5.41) is 3.02. The molecule has 4 nitrogen and oxygen atoms in total. The van der Waals surface area contributed by atoms with Crippen LogP contribution in [0.25, 0.3) is 0 Å². The van der Waals surface area contributed by atoms with Crippen molar-refractivity contribution in [2.24, 2.45) is 17.1 Å². The Hall–Kier alpha value is -0.610. The van der Waals surface area contributed by atoms with Crippen LogP contribution in [0.1, 0.15) is 39.5 Å². The number of nitrogens with two attached hydrogens (primary N) is 1. The van der Waals surface area contributed by atoms with Gasteiger partial charge in [-0.15, -0.1) is 0 Å². The van der Waals surface area contributed by atoms with E-state index in [4.69, 9.17) is 5.73 Å². The Balaban J connectivity index is 2.12. The monoisotopic (exact) mass is 255 g/mol. The summed E-state index contributed by atoms with van der Waals surface area (Å²) in [6.07, 6.45) is 4.17. The van der Waals surface area contributed by atoms with E-state index in [2.05, 4.69) is 17.3 Å². The number of carbonyl (C=O) groups is 1. The second kappa shape index (κ2) is 7.10. The van der Waals surface area contributed by atoms with Gasteiger partial charge >= 0.3 is 0 Å². The Morgan fingerprint density at radius 1 is 1.39 bits per heavy atom. The number of amides is 1. The normalized spacial score (nSPS) is 18.9. The fourth-order valence-electron chi connectivity index (χ4n) is 2.34. The molecule has 0 saturated carbocycles. The predicted molar refractivity (Wildman–Crippen MR) is 75.3 cm³/mol. The molecule has 0 aromatic carbocycles. The van der Waals surface area contributed by atoms with Gasteiger partial charge in [0.2, 0.25) is 5.91 Å². The molecule has 0 bridgehead atoms. The molecular formula is C14H29N3O. The molecule has 0 radical (unpaired) electrons. The molecule has 1 amide bonds. The van der Waals surface area contributed by atoms with Crippen LogP contribution in [-0.4, -0.2) is 44.0 Å². The minimum absolute atomic E-state index is 0.0857. The summed E-state index contributed by atoms with van der Waals surface area (Å²) < 4.78 is 0. The van der Waals surface area contributed by atoms with E-state index in [1.165, 1.54) is 25.9 Å². The molecule has 18 heavy (non-hydrogen) atoms. The number of nitrogens with zero attached hydrogens (tertiary/aromatic N) is 1. The predicted octanol–water partition coefficient (Wildman–Crippen LogP) is 1.21. The molecule has 0 unspecified atom stereocenters. The minimum atomic E-state index is -0.0857. The van der Waals surface area contributed by atoms with Crippen molar-refractivity contribution in [3.8, 4) is 0 Å². The molecule has 1 heterocycles. The van der Waals surface area contributed by atoms with Crippen molar-refractivity contribution in [2.75, 3.05) is 33.2 Å². The van der Waals surface area contributed by atoms with Gasteiger partial charge in [0.05, 0.1) is 0 Å². The van der Waals surface area contributed by atoms with Crippen molar-refractivity contribution in [3.05, 3.63) is 0 Å². The van der Waals surface area contributed by atoms with Gasteiger partial charge in [-0.1, -0.05) is 13.8 Å². The van der Waals surface area contributed by atoms with E-state index in [0.717, 1.165) is 18.9 Å². The van der Waals surface area contributed by atoms with Gasteiger partial charge in [0, 0.05) is 13.0 Å². The number of nitrogens with one attached hydrogen (secondary N) is 1. The first-order chi connectivity index (χ1) is 8.43. The fraction of sp³-hybridized carbons (Fsp3) is 0.929. The van der Waals surface area contributed by atoms with Crippen LogP contribution in [0, 0.1) is 11.3 Å². The van der Waals surface area contributed by atoms with Gasteiger partial charge in [-0.2, -0.15) is 0 Å². The SMILES string of the molecule is CN1CCC(CCNC(=O)CC(C)(C)CN)CC1. The summed E-state index contributed by atoms with van der Waals surface area (Å²) >= 11 is 0. The highest BCUT2D eigenvalue weighted by Crippen LogP contribution is 2.19. The Labute approximate surface area is 111 Å². The van der Waals surface area contributed by atoms with Crippen LogP contribution in [0.4, 0.5) is 0 Å². The van der Waals surface area contributed by atoms with Crippen LogP contribution in [-0.2, 0) is 4.79 Å². The Kier molecular flexibility index (Phi) is 6.09. The second-order valence-corrected chi connectivity index (χ2v) is 6.43. The zero-order chi connectivity index (χ0) is 13.6. The zero-order valence-corrected chi connectivity index (χ0v) is 12.2. The Bertz CT molecular complexity index is 258. The van der Waals surface area contributed by atoms with Gasteiger partial charge in [-0.25, -0.2) is 0 Å². The molecule has 0 aliphatic carbocycles. The highest BCUT2D eigenvalue weighted by Gasteiger charge is 2.20. The molecule has 1 aliphatic rings. The van der Waals surface area contributed by atoms with Crippen LogP contribution >= 0.6 is 0 Å². The number of hydrogen-bond acceptors (Lipinski definition) is 3. The van der Waals surface area contributed by atoms with Crippen molar-refractivity contribution in [2.45, 2.75) is 39.5 Å². The number of carbonyl (C=O) groups excluding carboxylic acids is 1. The van der Waals surface area contributed by atoms with Crippen molar-refractivity contribution in [3.63, 3.8) is 0 Å². The maximum atomic E-state index is 11.7. The van der Waals surface area contributed by atoms with E-state index in [1.807, 2.05) is 13.8 Å². The van der Waals surface area contributed by atoms with E-state index in [0.29, 0.717) is 13.0 Å². The van der Waals surface area contributed by atoms with Gasteiger partial charge in [0.1, 0.15) is 0 Å². The molecule has 3 N–H and O–H groups in total. The third kappa shape index (κ3) is 5.83. The summed E-state index contributed by atoms with van der Waals surface area (Å²) in [7, 11) is 2.17. The highest BCUT2D eigenvalue weighted by atomic mass is 16.1. The average Bonchev–Trinajstić information content (AvgIpc) is 2.31. The lowest BCUT2D eigenvalue weighted by Gasteiger charge is -2.29.